The average Bonchev–Trinajstić information content (AvgIpc) is 2.66. The molecular weight excluding hydrogens is 426 g/mol. The number of nitrogens with two attached hydrogens (primary N) is 1. The maximum atomic E-state index is 13.1. The molecule has 0 spiro atoms. The SMILES string of the molecule is CC(C)c1c(Nc2ccnc(C(F)(F)F)c2)nc(N)nc1-c1cccc(C(F)(F)F)n1. The summed E-state index contributed by atoms with van der Waals surface area (Å²) in [5.74, 6) is -0.569. The van der Waals surface area contributed by atoms with Crippen LogP contribution in [-0.4, -0.2) is 19.9 Å². The molecule has 0 fully saturated rings. The average molecular weight is 442 g/mol. The fourth-order valence-corrected chi connectivity index (χ4v) is 2.85. The van der Waals surface area contributed by atoms with Gasteiger partial charge in [0.2, 0.25) is 5.95 Å². The van der Waals surface area contributed by atoms with Crippen LogP contribution in [0.2, 0.25) is 0 Å². The number of rotatable bonds is 4. The molecule has 0 unspecified atom stereocenters. The van der Waals surface area contributed by atoms with Crippen LogP contribution in [0.5, 0.6) is 0 Å². The quantitative estimate of drug-likeness (QED) is 0.525. The zero-order valence-corrected chi connectivity index (χ0v) is 16.2. The predicted octanol–water partition coefficient (Wildman–Crippen LogP) is 5.42. The molecule has 3 aromatic heterocycles. The number of alkyl halides is 6. The van der Waals surface area contributed by atoms with Gasteiger partial charge in [0.25, 0.3) is 0 Å². The van der Waals surface area contributed by atoms with E-state index in [9.17, 15) is 26.3 Å². The van der Waals surface area contributed by atoms with E-state index in [2.05, 4.69) is 25.3 Å². The van der Waals surface area contributed by atoms with Crippen LogP contribution in [0.15, 0.2) is 36.5 Å². The molecule has 6 nitrogen and oxygen atoms in total. The summed E-state index contributed by atoms with van der Waals surface area (Å²) in [4.78, 5) is 15.0. The van der Waals surface area contributed by atoms with Gasteiger partial charge < -0.3 is 11.1 Å². The van der Waals surface area contributed by atoms with E-state index < -0.39 is 23.7 Å². The van der Waals surface area contributed by atoms with E-state index in [1.807, 2.05) is 0 Å². The normalized spacial score (nSPS) is 12.3. The van der Waals surface area contributed by atoms with Crippen LogP contribution >= 0.6 is 0 Å². The van der Waals surface area contributed by atoms with Crippen LogP contribution in [0.4, 0.5) is 43.8 Å². The van der Waals surface area contributed by atoms with Crippen molar-refractivity contribution in [3.05, 3.63) is 53.5 Å². The number of hydrogen-bond acceptors (Lipinski definition) is 6. The smallest absolute Gasteiger partial charge is 0.368 e. The van der Waals surface area contributed by atoms with Crippen molar-refractivity contribution in [2.75, 3.05) is 11.1 Å². The fraction of sp³-hybridized carbons (Fsp3) is 0.263. The maximum Gasteiger partial charge on any atom is 0.433 e. The molecule has 0 bridgehead atoms. The number of hydrogen-bond donors (Lipinski definition) is 2. The summed E-state index contributed by atoms with van der Waals surface area (Å²) >= 11 is 0. The minimum Gasteiger partial charge on any atom is -0.368 e. The highest BCUT2D eigenvalue weighted by Crippen LogP contribution is 2.36. The molecule has 0 radical (unpaired) electrons. The summed E-state index contributed by atoms with van der Waals surface area (Å²) in [5.41, 5.74) is 3.81. The molecule has 0 aliphatic heterocycles. The van der Waals surface area contributed by atoms with Crippen molar-refractivity contribution in [2.24, 2.45) is 0 Å². The molecule has 0 saturated carbocycles. The third kappa shape index (κ3) is 5.01. The third-order valence-corrected chi connectivity index (χ3v) is 4.14. The Kier molecular flexibility index (Phi) is 5.74. The van der Waals surface area contributed by atoms with Crippen molar-refractivity contribution < 1.29 is 26.3 Å². The number of nitrogen functional groups attached to an aromatic ring is 1. The first-order chi connectivity index (χ1) is 14.4. The summed E-state index contributed by atoms with van der Waals surface area (Å²) in [7, 11) is 0. The van der Waals surface area contributed by atoms with Gasteiger partial charge in [0.05, 0.1) is 11.4 Å². The lowest BCUT2D eigenvalue weighted by atomic mass is 9.99. The fourth-order valence-electron chi connectivity index (χ4n) is 2.85. The highest BCUT2D eigenvalue weighted by molar-refractivity contribution is 5.72. The summed E-state index contributed by atoms with van der Waals surface area (Å²) in [6.45, 7) is 3.45. The van der Waals surface area contributed by atoms with Crippen LogP contribution < -0.4 is 11.1 Å². The Morgan fingerprint density at radius 1 is 0.903 bits per heavy atom. The predicted molar refractivity (Wildman–Crippen MR) is 101 cm³/mol. The number of aromatic nitrogens is 4. The first-order valence-corrected chi connectivity index (χ1v) is 8.88. The van der Waals surface area contributed by atoms with Gasteiger partial charge >= 0.3 is 12.4 Å². The number of anilines is 3. The van der Waals surface area contributed by atoms with E-state index in [4.69, 9.17) is 5.73 Å². The Morgan fingerprint density at radius 3 is 2.19 bits per heavy atom. The summed E-state index contributed by atoms with van der Waals surface area (Å²) in [6.07, 6.45) is -8.35. The van der Waals surface area contributed by atoms with E-state index in [0.29, 0.717) is 5.56 Å². The van der Waals surface area contributed by atoms with Crippen molar-refractivity contribution >= 4 is 17.5 Å². The van der Waals surface area contributed by atoms with Crippen molar-refractivity contribution in [1.82, 2.24) is 19.9 Å². The monoisotopic (exact) mass is 442 g/mol. The molecule has 3 aromatic rings. The second kappa shape index (κ2) is 8.00. The van der Waals surface area contributed by atoms with E-state index in [1.54, 1.807) is 13.8 Å². The van der Waals surface area contributed by atoms with Crippen LogP contribution in [0.3, 0.4) is 0 Å². The van der Waals surface area contributed by atoms with Crippen molar-refractivity contribution in [3.63, 3.8) is 0 Å². The van der Waals surface area contributed by atoms with Gasteiger partial charge in [-0.15, -0.1) is 0 Å². The molecule has 3 N–H and O–H groups in total. The van der Waals surface area contributed by atoms with E-state index in [0.717, 1.165) is 18.3 Å². The number of halogens is 6. The summed E-state index contributed by atoms with van der Waals surface area (Å²) in [6, 6.07) is 5.41. The zero-order valence-electron chi connectivity index (χ0n) is 16.2. The molecule has 12 heteroatoms. The van der Waals surface area contributed by atoms with Gasteiger partial charge in [0.15, 0.2) is 0 Å². The van der Waals surface area contributed by atoms with Crippen LogP contribution in [0.25, 0.3) is 11.4 Å². The first kappa shape index (κ1) is 22.2. The standard InChI is InChI=1S/C19H16F6N6/c1-9(2)14-15(11-4-3-5-12(29-11)18(20,21)22)30-17(26)31-16(14)28-10-6-7-27-13(8-10)19(23,24)25/h3-9H,1-2H3,(H3,26,27,28,30,31). The van der Waals surface area contributed by atoms with Gasteiger partial charge in [-0.3, -0.25) is 4.98 Å². The van der Waals surface area contributed by atoms with Crippen molar-refractivity contribution in [1.29, 1.82) is 0 Å². The second-order valence-corrected chi connectivity index (χ2v) is 6.81. The second-order valence-electron chi connectivity index (χ2n) is 6.81. The topological polar surface area (TPSA) is 89.6 Å². The van der Waals surface area contributed by atoms with Crippen LogP contribution in [-0.2, 0) is 12.4 Å². The Balaban J connectivity index is 2.13. The van der Waals surface area contributed by atoms with Crippen LogP contribution in [0.1, 0.15) is 36.7 Å². The number of nitrogens with zero attached hydrogens (tertiary/aromatic N) is 4. The minimum absolute atomic E-state index is 0.0188. The maximum absolute atomic E-state index is 13.1. The molecule has 3 rings (SSSR count). The van der Waals surface area contributed by atoms with Crippen molar-refractivity contribution in [2.45, 2.75) is 32.1 Å². The lowest BCUT2D eigenvalue weighted by molar-refractivity contribution is -0.141. The van der Waals surface area contributed by atoms with Gasteiger partial charge in [-0.05, 0) is 30.2 Å². The van der Waals surface area contributed by atoms with Gasteiger partial charge in [-0.25, -0.2) is 9.97 Å². The van der Waals surface area contributed by atoms with E-state index in [1.165, 1.54) is 18.2 Å². The summed E-state index contributed by atoms with van der Waals surface area (Å²) < 4.78 is 78.2. The molecule has 0 amide bonds. The minimum atomic E-state index is -4.67. The lowest BCUT2D eigenvalue weighted by Gasteiger charge is -2.18. The molecule has 0 aromatic carbocycles. The van der Waals surface area contributed by atoms with Crippen molar-refractivity contribution in [3.8, 4) is 11.4 Å². The Morgan fingerprint density at radius 2 is 1.58 bits per heavy atom. The highest BCUT2D eigenvalue weighted by Gasteiger charge is 2.34. The van der Waals surface area contributed by atoms with Crippen LogP contribution in [0, 0.1) is 0 Å². The Bertz CT molecular complexity index is 1090. The van der Waals surface area contributed by atoms with Gasteiger partial charge in [0, 0.05) is 17.4 Å². The summed E-state index contributed by atoms with van der Waals surface area (Å²) in [5, 5.41) is 2.74. The van der Waals surface area contributed by atoms with E-state index in [-0.39, 0.29) is 34.8 Å². The highest BCUT2D eigenvalue weighted by atomic mass is 19.4. The lowest BCUT2D eigenvalue weighted by Crippen LogP contribution is -2.12. The third-order valence-electron chi connectivity index (χ3n) is 4.14. The first-order valence-electron chi connectivity index (χ1n) is 8.88. The zero-order chi connectivity index (χ0) is 23.0. The molecule has 3 heterocycles. The molecule has 0 atom stereocenters. The van der Waals surface area contributed by atoms with E-state index >= 15 is 0 Å². The van der Waals surface area contributed by atoms with Gasteiger partial charge in [-0.1, -0.05) is 19.9 Å². The molecular formula is C19H16F6N6. The van der Waals surface area contributed by atoms with Gasteiger partial charge in [-0.2, -0.15) is 31.3 Å². The molecule has 164 valence electrons. The number of pyridine rings is 2. The molecule has 31 heavy (non-hydrogen) atoms. The molecule has 0 aliphatic carbocycles. The van der Waals surface area contributed by atoms with Gasteiger partial charge in [0.1, 0.15) is 17.2 Å². The Hall–Kier alpha value is -3.44. The Labute approximate surface area is 172 Å². The molecule has 0 aliphatic rings. The molecule has 0 saturated heterocycles. The largest absolute Gasteiger partial charge is 0.433 e. The number of nitrogens with one attached hydrogen (secondary N) is 1.